The summed E-state index contributed by atoms with van der Waals surface area (Å²) in [6.45, 7) is 4.72. The maximum atomic E-state index is 12.1. The van der Waals surface area contributed by atoms with Crippen LogP contribution in [0.15, 0.2) is 23.8 Å². The Labute approximate surface area is 144 Å². The average Bonchev–Trinajstić information content (AvgIpc) is 3.13. The lowest BCUT2D eigenvalue weighted by Crippen LogP contribution is -2.46. The monoisotopic (exact) mass is 342 g/mol. The number of piperazine rings is 1. The van der Waals surface area contributed by atoms with Gasteiger partial charge in [0.25, 0.3) is 5.91 Å². The van der Waals surface area contributed by atoms with Crippen molar-refractivity contribution in [3.8, 4) is 12.3 Å². The zero-order valence-electron chi connectivity index (χ0n) is 13.2. The number of hydrogen-bond donors (Lipinski definition) is 1. The zero-order valence-corrected chi connectivity index (χ0v) is 14.0. The van der Waals surface area contributed by atoms with E-state index in [-0.39, 0.29) is 5.91 Å². The van der Waals surface area contributed by atoms with Gasteiger partial charge in [-0.25, -0.2) is 4.98 Å². The van der Waals surface area contributed by atoms with Gasteiger partial charge >= 0.3 is 0 Å². The van der Waals surface area contributed by atoms with Gasteiger partial charge in [0, 0.05) is 45.3 Å². The summed E-state index contributed by atoms with van der Waals surface area (Å²) in [6, 6.07) is 3.66. The first-order valence-electron chi connectivity index (χ1n) is 7.70. The quantitative estimate of drug-likeness (QED) is 0.827. The Morgan fingerprint density at radius 2 is 2.17 bits per heavy atom. The van der Waals surface area contributed by atoms with Crippen LogP contribution in [0.3, 0.4) is 0 Å². The van der Waals surface area contributed by atoms with Crippen molar-refractivity contribution in [3.63, 3.8) is 0 Å². The maximum Gasteiger partial charge on any atom is 0.259 e. The summed E-state index contributed by atoms with van der Waals surface area (Å²) in [5.74, 6) is 3.33. The molecule has 1 N–H and O–H groups in total. The van der Waals surface area contributed by atoms with Crippen LogP contribution in [0.5, 0.6) is 0 Å². The fourth-order valence-corrected chi connectivity index (χ4v) is 2.97. The highest BCUT2D eigenvalue weighted by Crippen LogP contribution is 2.15. The molecule has 0 aromatic carbocycles. The number of rotatable bonds is 5. The Hall–Kier alpha value is -2.50. The van der Waals surface area contributed by atoms with Crippen molar-refractivity contribution < 1.29 is 4.79 Å². The summed E-state index contributed by atoms with van der Waals surface area (Å²) in [4.78, 5) is 21.1. The van der Waals surface area contributed by atoms with Gasteiger partial charge in [-0.3, -0.25) is 15.0 Å². The number of terminal acetylenes is 1. The number of carbonyl (C=O) groups excluding carboxylic acids is 1. The minimum absolute atomic E-state index is 0.232. The summed E-state index contributed by atoms with van der Waals surface area (Å²) in [7, 11) is 0. The second-order valence-electron chi connectivity index (χ2n) is 5.39. The fraction of sp³-hybridized carbons (Fsp3) is 0.375. The Balaban J connectivity index is 1.55. The normalized spacial score (nSPS) is 15.0. The largest absolute Gasteiger partial charge is 0.354 e. The van der Waals surface area contributed by atoms with E-state index in [1.807, 2.05) is 6.07 Å². The zero-order chi connectivity index (χ0) is 16.8. The van der Waals surface area contributed by atoms with Gasteiger partial charge in [-0.05, 0) is 12.1 Å². The molecule has 0 saturated carbocycles. The van der Waals surface area contributed by atoms with Gasteiger partial charge in [0.2, 0.25) is 5.13 Å². The Kier molecular flexibility index (Phi) is 5.36. The van der Waals surface area contributed by atoms with Crippen molar-refractivity contribution in [1.82, 2.24) is 20.1 Å². The molecule has 2 aromatic rings. The van der Waals surface area contributed by atoms with E-state index in [2.05, 4.69) is 36.2 Å². The molecule has 8 heteroatoms. The molecule has 0 radical (unpaired) electrons. The van der Waals surface area contributed by atoms with Crippen LogP contribution in [0.2, 0.25) is 0 Å². The molecule has 24 heavy (non-hydrogen) atoms. The van der Waals surface area contributed by atoms with Crippen molar-refractivity contribution in [2.45, 2.75) is 6.42 Å². The predicted molar refractivity (Wildman–Crippen MR) is 94.2 cm³/mol. The van der Waals surface area contributed by atoms with Crippen LogP contribution in [0.4, 0.5) is 10.9 Å². The van der Waals surface area contributed by atoms with E-state index >= 15 is 0 Å². The van der Waals surface area contributed by atoms with Crippen LogP contribution >= 0.6 is 11.3 Å². The van der Waals surface area contributed by atoms with Crippen LogP contribution in [-0.2, 0) is 0 Å². The van der Waals surface area contributed by atoms with Crippen LogP contribution in [0.25, 0.3) is 0 Å². The van der Waals surface area contributed by atoms with E-state index in [0.29, 0.717) is 10.7 Å². The first kappa shape index (κ1) is 16.4. The molecule has 2 aromatic heterocycles. The van der Waals surface area contributed by atoms with Crippen molar-refractivity contribution in [3.05, 3.63) is 29.4 Å². The van der Waals surface area contributed by atoms with Crippen molar-refractivity contribution >= 4 is 28.2 Å². The van der Waals surface area contributed by atoms with Crippen molar-refractivity contribution in [1.29, 1.82) is 0 Å². The molecule has 3 rings (SSSR count). The van der Waals surface area contributed by atoms with Gasteiger partial charge < -0.3 is 4.90 Å². The molecular formula is C16H18N6OS. The molecule has 124 valence electrons. The number of aromatic nitrogens is 3. The number of nitrogens with zero attached hydrogens (tertiary/aromatic N) is 5. The lowest BCUT2D eigenvalue weighted by atomic mass is 10.2. The minimum atomic E-state index is -0.232. The van der Waals surface area contributed by atoms with Crippen LogP contribution < -0.4 is 10.2 Å². The molecule has 1 amide bonds. The third-order valence-electron chi connectivity index (χ3n) is 3.86. The Morgan fingerprint density at radius 1 is 1.33 bits per heavy atom. The van der Waals surface area contributed by atoms with E-state index in [4.69, 9.17) is 6.42 Å². The van der Waals surface area contributed by atoms with E-state index < -0.39 is 0 Å². The molecule has 7 nitrogen and oxygen atoms in total. The highest BCUT2D eigenvalue weighted by atomic mass is 32.1. The third kappa shape index (κ3) is 4.07. The molecule has 0 bridgehead atoms. The number of nitrogens with one attached hydrogen (secondary N) is 1. The summed E-state index contributed by atoms with van der Waals surface area (Å²) >= 11 is 1.28. The van der Waals surface area contributed by atoms with Gasteiger partial charge in [-0.2, -0.15) is 0 Å². The highest BCUT2D eigenvalue weighted by molar-refractivity contribution is 7.13. The first-order valence-corrected chi connectivity index (χ1v) is 8.58. The van der Waals surface area contributed by atoms with Gasteiger partial charge in [0.05, 0.1) is 5.56 Å². The second-order valence-corrected chi connectivity index (χ2v) is 6.22. The molecule has 1 aliphatic heterocycles. The van der Waals surface area contributed by atoms with E-state index in [1.54, 1.807) is 17.8 Å². The molecular weight excluding hydrogens is 324 g/mol. The predicted octanol–water partition coefficient (Wildman–Crippen LogP) is 1.33. The molecule has 1 saturated heterocycles. The van der Waals surface area contributed by atoms with E-state index in [9.17, 15) is 4.79 Å². The van der Waals surface area contributed by atoms with Crippen LogP contribution in [0, 0.1) is 12.3 Å². The number of carbonyl (C=O) groups is 1. The lowest BCUT2D eigenvalue weighted by Gasteiger charge is -2.35. The topological polar surface area (TPSA) is 74.2 Å². The SMILES string of the molecule is C#CCCN1CCN(c2ccc(C(=O)Nc3nncs3)cn2)CC1. The molecule has 0 atom stereocenters. The third-order valence-corrected chi connectivity index (χ3v) is 4.47. The van der Waals surface area contributed by atoms with Gasteiger partial charge in [0.15, 0.2) is 0 Å². The minimum Gasteiger partial charge on any atom is -0.354 e. The fourth-order valence-electron chi connectivity index (χ4n) is 2.53. The highest BCUT2D eigenvalue weighted by Gasteiger charge is 2.18. The average molecular weight is 342 g/mol. The number of hydrogen-bond acceptors (Lipinski definition) is 7. The van der Waals surface area contributed by atoms with E-state index in [1.165, 1.54) is 11.3 Å². The Morgan fingerprint density at radius 3 is 2.79 bits per heavy atom. The standard InChI is InChI=1S/C16H18N6OS/c1-2-3-6-21-7-9-22(10-8-21)14-5-4-13(11-17-14)15(23)19-16-20-18-12-24-16/h1,4-5,11-12H,3,6-10H2,(H,19,20,23). The molecule has 1 aliphatic rings. The smallest absolute Gasteiger partial charge is 0.259 e. The second kappa shape index (κ2) is 7.86. The van der Waals surface area contributed by atoms with Crippen molar-refractivity contribution in [2.75, 3.05) is 42.9 Å². The molecule has 1 fully saturated rings. The molecule has 0 unspecified atom stereocenters. The lowest BCUT2D eigenvalue weighted by molar-refractivity contribution is 0.102. The van der Waals surface area contributed by atoms with Gasteiger partial charge in [-0.1, -0.05) is 11.3 Å². The van der Waals surface area contributed by atoms with Crippen LogP contribution in [-0.4, -0.2) is 58.7 Å². The number of pyridine rings is 1. The van der Waals surface area contributed by atoms with Gasteiger partial charge in [0.1, 0.15) is 11.3 Å². The molecule has 0 aliphatic carbocycles. The summed E-state index contributed by atoms with van der Waals surface area (Å²) in [5, 5.41) is 10.6. The Bertz CT molecular complexity index is 701. The first-order chi connectivity index (χ1) is 11.8. The summed E-state index contributed by atoms with van der Waals surface area (Å²) < 4.78 is 0. The van der Waals surface area contributed by atoms with Gasteiger partial charge in [-0.15, -0.1) is 22.5 Å². The summed E-state index contributed by atoms with van der Waals surface area (Å²) in [6.07, 6.45) is 7.69. The van der Waals surface area contributed by atoms with Crippen LogP contribution in [0.1, 0.15) is 16.8 Å². The summed E-state index contributed by atoms with van der Waals surface area (Å²) in [5.41, 5.74) is 2.07. The molecule has 0 spiro atoms. The van der Waals surface area contributed by atoms with Crippen molar-refractivity contribution in [2.24, 2.45) is 0 Å². The number of amides is 1. The van der Waals surface area contributed by atoms with E-state index in [0.717, 1.165) is 45.0 Å². The number of anilines is 2. The molecule has 3 heterocycles. The maximum absolute atomic E-state index is 12.1.